The average molecular weight is 422 g/mol. The molecule has 0 fully saturated rings. The number of aromatic nitrogens is 1. The summed E-state index contributed by atoms with van der Waals surface area (Å²) >= 11 is 0. The molecule has 0 saturated carbocycles. The summed E-state index contributed by atoms with van der Waals surface area (Å²) in [6.07, 6.45) is 13.3. The Hall–Kier alpha value is -3.54. The molecule has 3 rings (SSSR count). The summed E-state index contributed by atoms with van der Waals surface area (Å²) in [7, 11) is -1.29. The highest BCUT2D eigenvalue weighted by Crippen LogP contribution is 2.36. The Morgan fingerprint density at radius 3 is 2.13 bits per heavy atom. The molecule has 2 aromatic carbocycles. The van der Waals surface area contributed by atoms with Crippen molar-refractivity contribution in [3.8, 4) is 34.7 Å². The fourth-order valence-corrected chi connectivity index (χ4v) is 4.12. The monoisotopic (exact) mass is 421 g/mol. The summed E-state index contributed by atoms with van der Waals surface area (Å²) in [6.45, 7) is 9.80. The first kappa shape index (κ1) is 22.2. The van der Waals surface area contributed by atoms with Gasteiger partial charge >= 0.3 is 0 Å². The normalized spacial score (nSPS) is 11.6. The SMILES string of the molecule is C#Cc1cc(-c2ccc(S(=C)(=C)C)cc2)c(-c2ccc(C)cc2)nc1/C(C=C)=C/C=C. The summed E-state index contributed by atoms with van der Waals surface area (Å²) in [4.78, 5) is 6.18. The van der Waals surface area contributed by atoms with Crippen LogP contribution in [-0.2, 0) is 0 Å². The van der Waals surface area contributed by atoms with Crippen LogP contribution in [0.15, 0.2) is 90.9 Å². The van der Waals surface area contributed by atoms with Gasteiger partial charge < -0.3 is 0 Å². The lowest BCUT2D eigenvalue weighted by Crippen LogP contribution is -1.99. The molecule has 0 radical (unpaired) electrons. The van der Waals surface area contributed by atoms with E-state index in [1.165, 1.54) is 5.56 Å². The number of allylic oxidation sites excluding steroid dienone is 4. The summed E-state index contributed by atoms with van der Waals surface area (Å²) in [5, 5.41) is 0. The van der Waals surface area contributed by atoms with Gasteiger partial charge in [-0.2, -0.15) is 9.21 Å². The maximum Gasteiger partial charge on any atom is 0.0866 e. The standard InChI is InChI=1S/C29H27NS/c1-8-11-22(9-2)28-23(10-3)20-27(24-16-18-26(19-17-24)31(5,6)7)29(30-28)25-14-12-21(4)13-15-25/h3,8-9,11-20H,1-2,5-6H2,4,7H3/b22-11+. The molecule has 3 aromatic rings. The topological polar surface area (TPSA) is 12.9 Å². The molecule has 154 valence electrons. The molecule has 0 aliphatic rings. The van der Waals surface area contributed by atoms with Crippen molar-refractivity contribution in [1.82, 2.24) is 4.98 Å². The minimum atomic E-state index is -1.29. The molecule has 0 amide bonds. The molecule has 1 aromatic heterocycles. The second-order valence-corrected chi connectivity index (χ2v) is 10.7. The first-order valence-corrected chi connectivity index (χ1v) is 12.3. The van der Waals surface area contributed by atoms with E-state index in [9.17, 15) is 0 Å². The molecule has 1 heterocycles. The predicted molar refractivity (Wildman–Crippen MR) is 142 cm³/mol. The lowest BCUT2D eigenvalue weighted by atomic mass is 9.94. The Morgan fingerprint density at radius 2 is 1.61 bits per heavy atom. The number of benzene rings is 2. The van der Waals surface area contributed by atoms with Gasteiger partial charge in [-0.15, -0.1) is 6.42 Å². The Kier molecular flexibility index (Phi) is 6.49. The van der Waals surface area contributed by atoms with Gasteiger partial charge in [0, 0.05) is 16.7 Å². The van der Waals surface area contributed by atoms with Crippen molar-refractivity contribution in [1.29, 1.82) is 0 Å². The molecule has 0 aliphatic heterocycles. The van der Waals surface area contributed by atoms with Crippen LogP contribution in [0.3, 0.4) is 0 Å². The number of aryl methyl sites for hydroxylation is 1. The molecule has 0 N–H and O–H groups in total. The minimum Gasteiger partial charge on any atom is -0.246 e. The fraction of sp³-hybridized carbons (Fsp3) is 0.0690. The van der Waals surface area contributed by atoms with Gasteiger partial charge in [-0.05, 0) is 41.8 Å². The minimum absolute atomic E-state index is 0.715. The smallest absolute Gasteiger partial charge is 0.0866 e. The third-order valence-electron chi connectivity index (χ3n) is 5.03. The van der Waals surface area contributed by atoms with E-state index in [0.29, 0.717) is 5.56 Å². The van der Waals surface area contributed by atoms with E-state index in [1.54, 1.807) is 12.2 Å². The maximum absolute atomic E-state index is 5.89. The van der Waals surface area contributed by atoms with Gasteiger partial charge in [0.1, 0.15) is 0 Å². The van der Waals surface area contributed by atoms with Crippen LogP contribution in [-0.4, -0.2) is 23.0 Å². The lowest BCUT2D eigenvalue weighted by molar-refractivity contribution is 1.26. The largest absolute Gasteiger partial charge is 0.246 e. The van der Waals surface area contributed by atoms with E-state index < -0.39 is 9.21 Å². The zero-order valence-electron chi connectivity index (χ0n) is 18.2. The Balaban J connectivity index is 2.33. The molecule has 31 heavy (non-hydrogen) atoms. The van der Waals surface area contributed by atoms with E-state index in [4.69, 9.17) is 11.4 Å². The summed E-state index contributed by atoms with van der Waals surface area (Å²) in [6, 6.07) is 18.8. The second-order valence-electron chi connectivity index (χ2n) is 7.65. The van der Waals surface area contributed by atoms with Crippen LogP contribution in [0, 0.1) is 19.3 Å². The van der Waals surface area contributed by atoms with Gasteiger partial charge in [0.05, 0.1) is 17.0 Å². The molecule has 0 unspecified atom stereocenters. The van der Waals surface area contributed by atoms with Crippen molar-refractivity contribution < 1.29 is 0 Å². The van der Waals surface area contributed by atoms with E-state index in [2.05, 4.69) is 92.5 Å². The number of pyridine rings is 1. The average Bonchev–Trinajstić information content (AvgIpc) is 2.77. The van der Waals surface area contributed by atoms with Crippen LogP contribution >= 0.6 is 9.21 Å². The quantitative estimate of drug-likeness (QED) is 0.235. The second kappa shape index (κ2) is 9.08. The van der Waals surface area contributed by atoms with E-state index in [-0.39, 0.29) is 0 Å². The molecule has 2 heteroatoms. The van der Waals surface area contributed by atoms with Crippen LogP contribution in [0.25, 0.3) is 28.0 Å². The van der Waals surface area contributed by atoms with Crippen LogP contribution in [0.5, 0.6) is 0 Å². The van der Waals surface area contributed by atoms with Crippen molar-refractivity contribution in [2.45, 2.75) is 11.8 Å². The Labute approximate surface area is 187 Å². The molecule has 0 spiro atoms. The highest BCUT2D eigenvalue weighted by atomic mass is 32.2. The first-order chi connectivity index (χ1) is 14.8. The van der Waals surface area contributed by atoms with Gasteiger partial charge in [-0.1, -0.05) is 91.0 Å². The molecule has 1 nitrogen and oxygen atoms in total. The van der Waals surface area contributed by atoms with Crippen LogP contribution in [0.1, 0.15) is 16.8 Å². The molecule has 0 bridgehead atoms. The van der Waals surface area contributed by atoms with Crippen molar-refractivity contribution in [2.75, 3.05) is 6.26 Å². The summed E-state index contributed by atoms with van der Waals surface area (Å²) < 4.78 is 0. The molecular weight excluding hydrogens is 394 g/mol. The zero-order chi connectivity index (χ0) is 22.6. The van der Waals surface area contributed by atoms with Crippen molar-refractivity contribution in [2.24, 2.45) is 0 Å². The summed E-state index contributed by atoms with van der Waals surface area (Å²) in [5.74, 6) is 11.2. The maximum atomic E-state index is 5.89. The fourth-order valence-electron chi connectivity index (χ4n) is 3.33. The van der Waals surface area contributed by atoms with Gasteiger partial charge in [-0.25, -0.2) is 4.98 Å². The zero-order valence-corrected chi connectivity index (χ0v) is 19.0. The molecule has 0 atom stereocenters. The van der Waals surface area contributed by atoms with Crippen molar-refractivity contribution in [3.05, 3.63) is 103 Å². The number of terminal acetylenes is 1. The molecular formula is C29H27NS. The van der Waals surface area contributed by atoms with Crippen molar-refractivity contribution >= 4 is 26.5 Å². The number of rotatable bonds is 6. The van der Waals surface area contributed by atoms with Crippen LogP contribution < -0.4 is 0 Å². The number of nitrogens with zero attached hydrogens (tertiary/aromatic N) is 1. The van der Waals surface area contributed by atoms with E-state index in [0.717, 1.165) is 38.5 Å². The van der Waals surface area contributed by atoms with Gasteiger partial charge in [-0.3, -0.25) is 0 Å². The third-order valence-corrected chi connectivity index (χ3v) is 6.44. The van der Waals surface area contributed by atoms with Crippen molar-refractivity contribution in [3.63, 3.8) is 0 Å². The molecule has 0 aliphatic carbocycles. The first-order valence-electron chi connectivity index (χ1n) is 9.87. The molecule has 0 saturated heterocycles. The predicted octanol–water partition coefficient (Wildman–Crippen LogP) is 7.12. The highest BCUT2D eigenvalue weighted by Gasteiger charge is 2.16. The number of hydrogen-bond acceptors (Lipinski definition) is 1. The number of hydrogen-bond donors (Lipinski definition) is 0. The lowest BCUT2D eigenvalue weighted by Gasteiger charge is -2.16. The van der Waals surface area contributed by atoms with Gasteiger partial charge in [0.15, 0.2) is 0 Å². The third kappa shape index (κ3) is 4.79. The van der Waals surface area contributed by atoms with E-state index in [1.807, 2.05) is 12.1 Å². The van der Waals surface area contributed by atoms with E-state index >= 15 is 0 Å². The summed E-state index contributed by atoms with van der Waals surface area (Å²) in [5.41, 5.74) is 7.41. The van der Waals surface area contributed by atoms with Crippen LogP contribution in [0.2, 0.25) is 0 Å². The van der Waals surface area contributed by atoms with Gasteiger partial charge in [0.25, 0.3) is 0 Å². The highest BCUT2D eigenvalue weighted by molar-refractivity contribution is 8.27. The Morgan fingerprint density at radius 1 is 1.00 bits per heavy atom. The Bertz CT molecular complexity index is 1310. The van der Waals surface area contributed by atoms with Crippen LogP contribution in [0.4, 0.5) is 0 Å². The van der Waals surface area contributed by atoms with Gasteiger partial charge in [0.2, 0.25) is 0 Å².